The number of aromatic nitrogens is 1. The monoisotopic (exact) mass is 371 g/mol. The average Bonchev–Trinajstić information content (AvgIpc) is 3.03. The van der Waals surface area contributed by atoms with Gasteiger partial charge in [0.1, 0.15) is 0 Å². The average molecular weight is 372 g/mol. The minimum Gasteiger partial charge on any atom is -0.380 e. The van der Waals surface area contributed by atoms with Gasteiger partial charge in [-0.15, -0.1) is 11.3 Å². The molecule has 0 saturated carbocycles. The van der Waals surface area contributed by atoms with Gasteiger partial charge in [0.05, 0.1) is 6.54 Å². The number of nitrogens with zero attached hydrogens (tertiary/aromatic N) is 1. The second-order valence-electron chi connectivity index (χ2n) is 5.71. The van der Waals surface area contributed by atoms with Crippen molar-refractivity contribution in [3.8, 4) is 0 Å². The van der Waals surface area contributed by atoms with E-state index < -0.39 is 0 Å². The van der Waals surface area contributed by atoms with Gasteiger partial charge in [-0.05, 0) is 55.3 Å². The highest BCUT2D eigenvalue weighted by Crippen LogP contribution is 2.21. The van der Waals surface area contributed by atoms with E-state index in [0.29, 0.717) is 16.6 Å². The Morgan fingerprint density at radius 1 is 1.16 bits per heavy atom. The molecule has 1 amide bonds. The number of hydrogen-bond acceptors (Lipinski definition) is 4. The van der Waals surface area contributed by atoms with Gasteiger partial charge in [0, 0.05) is 28.0 Å². The summed E-state index contributed by atoms with van der Waals surface area (Å²) in [5, 5.41) is 6.25. The molecule has 3 rings (SSSR count). The number of benzene rings is 2. The number of anilines is 2. The van der Waals surface area contributed by atoms with Crippen molar-refractivity contribution in [1.29, 1.82) is 0 Å². The van der Waals surface area contributed by atoms with Crippen molar-refractivity contribution in [2.24, 2.45) is 0 Å². The van der Waals surface area contributed by atoms with Crippen LogP contribution in [-0.4, -0.2) is 10.9 Å². The fraction of sp³-hybridized carbons (Fsp3) is 0.158. The van der Waals surface area contributed by atoms with Crippen LogP contribution in [0.2, 0.25) is 4.47 Å². The number of rotatable bonds is 5. The molecule has 0 atom stereocenters. The predicted octanol–water partition coefficient (Wildman–Crippen LogP) is 5.28. The van der Waals surface area contributed by atoms with Gasteiger partial charge in [0.25, 0.3) is 5.91 Å². The maximum absolute atomic E-state index is 12.4. The number of amides is 1. The molecular weight excluding hydrogens is 354 g/mol. The van der Waals surface area contributed by atoms with Crippen molar-refractivity contribution in [1.82, 2.24) is 4.98 Å². The molecule has 1 heterocycles. The topological polar surface area (TPSA) is 54.0 Å². The summed E-state index contributed by atoms with van der Waals surface area (Å²) in [7, 11) is 0. The lowest BCUT2D eigenvalue weighted by Gasteiger charge is -2.11. The fourth-order valence-electron chi connectivity index (χ4n) is 2.37. The van der Waals surface area contributed by atoms with Gasteiger partial charge >= 0.3 is 0 Å². The van der Waals surface area contributed by atoms with Crippen molar-refractivity contribution < 1.29 is 4.79 Å². The molecule has 0 fully saturated rings. The Balaban J connectivity index is 1.63. The summed E-state index contributed by atoms with van der Waals surface area (Å²) in [6.07, 6.45) is 1.76. The van der Waals surface area contributed by atoms with E-state index in [9.17, 15) is 4.79 Å². The summed E-state index contributed by atoms with van der Waals surface area (Å²) < 4.78 is 0.537. The van der Waals surface area contributed by atoms with Gasteiger partial charge < -0.3 is 10.6 Å². The molecule has 0 saturated heterocycles. The quantitative estimate of drug-likeness (QED) is 0.641. The fourth-order valence-corrected chi connectivity index (χ4v) is 3.29. The number of carbonyl (C=O) groups is 1. The molecule has 0 unspecified atom stereocenters. The van der Waals surface area contributed by atoms with Crippen LogP contribution in [0, 0.1) is 13.8 Å². The van der Waals surface area contributed by atoms with E-state index >= 15 is 0 Å². The minimum absolute atomic E-state index is 0.116. The van der Waals surface area contributed by atoms with Crippen LogP contribution in [0.1, 0.15) is 26.4 Å². The van der Waals surface area contributed by atoms with Gasteiger partial charge in [-0.25, -0.2) is 4.98 Å². The molecule has 1 aromatic heterocycles. The first-order valence-electron chi connectivity index (χ1n) is 7.84. The SMILES string of the molecule is Cc1cccc(NC(=O)c2ccc(NCc3cnc(Cl)s3)cc2)c1C. The van der Waals surface area contributed by atoms with Crippen LogP contribution < -0.4 is 10.6 Å². The number of halogens is 1. The number of aryl methyl sites for hydroxylation is 1. The Morgan fingerprint density at radius 3 is 2.60 bits per heavy atom. The van der Waals surface area contributed by atoms with E-state index in [0.717, 1.165) is 27.4 Å². The molecule has 3 aromatic rings. The Kier molecular flexibility index (Phi) is 5.36. The third kappa shape index (κ3) is 4.38. The van der Waals surface area contributed by atoms with Crippen LogP contribution in [0.4, 0.5) is 11.4 Å². The smallest absolute Gasteiger partial charge is 0.255 e. The first kappa shape index (κ1) is 17.5. The van der Waals surface area contributed by atoms with Gasteiger partial charge in [-0.2, -0.15) is 0 Å². The van der Waals surface area contributed by atoms with Crippen molar-refractivity contribution >= 4 is 40.2 Å². The number of hydrogen-bond donors (Lipinski definition) is 2. The minimum atomic E-state index is -0.116. The van der Waals surface area contributed by atoms with E-state index in [-0.39, 0.29) is 5.91 Å². The second kappa shape index (κ2) is 7.68. The van der Waals surface area contributed by atoms with Crippen molar-refractivity contribution in [3.63, 3.8) is 0 Å². The molecule has 0 radical (unpaired) electrons. The molecule has 6 heteroatoms. The van der Waals surface area contributed by atoms with E-state index in [1.54, 1.807) is 6.20 Å². The predicted molar refractivity (Wildman–Crippen MR) is 105 cm³/mol. The maximum Gasteiger partial charge on any atom is 0.255 e. The summed E-state index contributed by atoms with van der Waals surface area (Å²) in [5.74, 6) is -0.116. The molecule has 0 aliphatic carbocycles. The molecule has 0 aliphatic rings. The molecule has 0 bridgehead atoms. The first-order valence-corrected chi connectivity index (χ1v) is 9.04. The van der Waals surface area contributed by atoms with Crippen LogP contribution in [0.3, 0.4) is 0 Å². The lowest BCUT2D eigenvalue weighted by Crippen LogP contribution is -2.13. The molecule has 2 aromatic carbocycles. The summed E-state index contributed by atoms with van der Waals surface area (Å²) in [5.41, 5.74) is 4.63. The lowest BCUT2D eigenvalue weighted by atomic mass is 10.1. The molecule has 0 aliphatic heterocycles. The van der Waals surface area contributed by atoms with Crippen molar-refractivity contribution in [2.75, 3.05) is 10.6 Å². The summed E-state index contributed by atoms with van der Waals surface area (Å²) in [6, 6.07) is 13.3. The van der Waals surface area contributed by atoms with E-state index in [2.05, 4.69) is 15.6 Å². The normalized spacial score (nSPS) is 10.5. The van der Waals surface area contributed by atoms with Crippen LogP contribution in [-0.2, 0) is 6.54 Å². The van der Waals surface area contributed by atoms with Crippen LogP contribution in [0.15, 0.2) is 48.7 Å². The highest BCUT2D eigenvalue weighted by atomic mass is 35.5. The van der Waals surface area contributed by atoms with E-state index in [1.807, 2.05) is 56.3 Å². The van der Waals surface area contributed by atoms with Gasteiger partial charge in [-0.1, -0.05) is 23.7 Å². The number of thiazole rings is 1. The lowest BCUT2D eigenvalue weighted by molar-refractivity contribution is 0.102. The molecule has 25 heavy (non-hydrogen) atoms. The standard InChI is InChI=1S/C19H18ClN3OS/c1-12-4-3-5-17(13(12)2)23-18(24)14-6-8-15(9-7-14)21-10-16-11-22-19(20)25-16/h3-9,11,21H,10H2,1-2H3,(H,23,24). The van der Waals surface area contributed by atoms with E-state index in [1.165, 1.54) is 11.3 Å². The number of nitrogens with one attached hydrogen (secondary N) is 2. The Bertz CT molecular complexity index is 890. The Morgan fingerprint density at radius 2 is 1.92 bits per heavy atom. The molecular formula is C19H18ClN3OS. The summed E-state index contributed by atoms with van der Waals surface area (Å²) in [4.78, 5) is 17.5. The zero-order valence-electron chi connectivity index (χ0n) is 14.0. The Hall–Kier alpha value is -2.37. The molecule has 4 nitrogen and oxygen atoms in total. The molecule has 128 valence electrons. The summed E-state index contributed by atoms with van der Waals surface area (Å²) >= 11 is 7.27. The van der Waals surface area contributed by atoms with Crippen molar-refractivity contribution in [2.45, 2.75) is 20.4 Å². The van der Waals surface area contributed by atoms with Gasteiger partial charge in [0.15, 0.2) is 4.47 Å². The van der Waals surface area contributed by atoms with Gasteiger partial charge in [-0.3, -0.25) is 4.79 Å². The zero-order valence-corrected chi connectivity index (χ0v) is 15.5. The Labute approximate surface area is 155 Å². The first-order chi connectivity index (χ1) is 12.0. The third-order valence-corrected chi connectivity index (χ3v) is 5.11. The third-order valence-electron chi connectivity index (χ3n) is 3.99. The van der Waals surface area contributed by atoms with Crippen LogP contribution in [0.25, 0.3) is 0 Å². The molecule has 0 spiro atoms. The van der Waals surface area contributed by atoms with Crippen LogP contribution in [0.5, 0.6) is 0 Å². The zero-order chi connectivity index (χ0) is 17.8. The van der Waals surface area contributed by atoms with E-state index in [4.69, 9.17) is 11.6 Å². The highest BCUT2D eigenvalue weighted by Gasteiger charge is 2.08. The van der Waals surface area contributed by atoms with Crippen LogP contribution >= 0.6 is 22.9 Å². The van der Waals surface area contributed by atoms with Gasteiger partial charge in [0.2, 0.25) is 0 Å². The highest BCUT2D eigenvalue weighted by molar-refractivity contribution is 7.15. The second-order valence-corrected chi connectivity index (χ2v) is 7.41. The summed E-state index contributed by atoms with van der Waals surface area (Å²) in [6.45, 7) is 4.68. The number of carbonyl (C=O) groups excluding carboxylic acids is 1. The van der Waals surface area contributed by atoms with Crippen molar-refractivity contribution in [3.05, 3.63) is 74.7 Å². The molecule has 2 N–H and O–H groups in total. The largest absolute Gasteiger partial charge is 0.380 e. The maximum atomic E-state index is 12.4.